The number of carbonyl (C=O) groups excluding carboxylic acids is 1. The first kappa shape index (κ1) is 31.3. The van der Waals surface area contributed by atoms with Gasteiger partial charge in [-0.1, -0.05) is 47.5 Å². The van der Waals surface area contributed by atoms with Crippen molar-refractivity contribution in [1.82, 2.24) is 10.6 Å². The predicted molar refractivity (Wildman–Crippen MR) is 127 cm³/mol. The van der Waals surface area contributed by atoms with Crippen LogP contribution in [0.2, 0.25) is 0 Å². The predicted octanol–water partition coefficient (Wildman–Crippen LogP) is 7.73. The maximum atomic E-state index is 13.0. The number of benzene rings is 1. The normalized spacial score (nSPS) is 19.3. The molecule has 0 saturated heterocycles. The molecule has 3 nitrogen and oxygen atoms in total. The lowest BCUT2D eigenvalue weighted by atomic mass is 9.98. The molecule has 1 aliphatic rings. The second kappa shape index (κ2) is 14.1. The smallest absolute Gasteiger partial charge is 0.352 e. The van der Waals surface area contributed by atoms with Crippen LogP contribution in [0.15, 0.2) is 18.2 Å². The third-order valence-corrected chi connectivity index (χ3v) is 5.78. The highest BCUT2D eigenvalue weighted by atomic mass is 19.4. The lowest BCUT2D eigenvalue weighted by Crippen LogP contribution is -2.38. The summed E-state index contributed by atoms with van der Waals surface area (Å²) in [5.41, 5.74) is -2.99. The van der Waals surface area contributed by atoms with E-state index in [1.165, 1.54) is 6.42 Å². The molecule has 1 fully saturated rings. The second-order valence-electron chi connectivity index (χ2n) is 9.83. The molecular weight excluding hydrogens is 470 g/mol. The molecule has 0 spiro atoms. The van der Waals surface area contributed by atoms with Crippen molar-refractivity contribution in [3.63, 3.8) is 0 Å². The summed E-state index contributed by atoms with van der Waals surface area (Å²) in [6, 6.07) is 1.94. The Morgan fingerprint density at radius 1 is 0.971 bits per heavy atom. The third-order valence-electron chi connectivity index (χ3n) is 5.78. The second-order valence-corrected chi connectivity index (χ2v) is 9.83. The molecule has 1 aliphatic carbocycles. The molecule has 1 aromatic carbocycles. The standard InChI is InChI=1S/C23H32F6N2O.C3H8/c1-4-5-19(8-14(2)3)31-20-7-6-16(11-20)21(32)30-13-15-9-17(22(24,25)26)12-18(10-15)23(27,28)29;1-3-2/h9-10,12,14,16,19-20,31H,4-8,11,13H2,1-3H3,(H,30,32);3H2,1-2H3/t16-,19?,20?;/m0./s1. The molecule has 3 atom stereocenters. The van der Waals surface area contributed by atoms with Gasteiger partial charge < -0.3 is 10.6 Å². The highest BCUT2D eigenvalue weighted by Crippen LogP contribution is 2.36. The van der Waals surface area contributed by atoms with Crippen LogP contribution in [-0.2, 0) is 23.7 Å². The summed E-state index contributed by atoms with van der Waals surface area (Å²) in [7, 11) is 0. The van der Waals surface area contributed by atoms with Gasteiger partial charge in [0, 0.05) is 24.5 Å². The highest BCUT2D eigenvalue weighted by molar-refractivity contribution is 5.79. The minimum atomic E-state index is -4.91. The van der Waals surface area contributed by atoms with Gasteiger partial charge in [0.15, 0.2) is 0 Å². The minimum absolute atomic E-state index is 0.0858. The van der Waals surface area contributed by atoms with Gasteiger partial charge in [0.2, 0.25) is 5.91 Å². The molecule has 0 bridgehead atoms. The maximum Gasteiger partial charge on any atom is 0.416 e. The highest BCUT2D eigenvalue weighted by Gasteiger charge is 2.37. The van der Waals surface area contributed by atoms with Crippen molar-refractivity contribution in [1.29, 1.82) is 0 Å². The molecule has 0 heterocycles. The van der Waals surface area contributed by atoms with Gasteiger partial charge in [-0.15, -0.1) is 0 Å². The Labute approximate surface area is 205 Å². The van der Waals surface area contributed by atoms with E-state index in [1.807, 2.05) is 0 Å². The number of rotatable bonds is 9. The summed E-state index contributed by atoms with van der Waals surface area (Å²) in [4.78, 5) is 12.5. The first-order chi connectivity index (χ1) is 16.2. The van der Waals surface area contributed by atoms with E-state index in [9.17, 15) is 31.1 Å². The number of hydrogen-bond acceptors (Lipinski definition) is 2. The van der Waals surface area contributed by atoms with Gasteiger partial charge in [-0.25, -0.2) is 0 Å². The molecule has 35 heavy (non-hydrogen) atoms. The van der Waals surface area contributed by atoms with Gasteiger partial charge in [-0.2, -0.15) is 26.3 Å². The zero-order valence-electron chi connectivity index (χ0n) is 21.4. The van der Waals surface area contributed by atoms with Crippen LogP contribution in [0.25, 0.3) is 0 Å². The Morgan fingerprint density at radius 3 is 1.97 bits per heavy atom. The monoisotopic (exact) mass is 510 g/mol. The van der Waals surface area contributed by atoms with E-state index in [4.69, 9.17) is 0 Å². The summed E-state index contributed by atoms with van der Waals surface area (Å²) < 4.78 is 78.0. The first-order valence-electron chi connectivity index (χ1n) is 12.5. The largest absolute Gasteiger partial charge is 0.416 e. The van der Waals surface area contributed by atoms with Crippen LogP contribution < -0.4 is 10.6 Å². The van der Waals surface area contributed by atoms with Gasteiger partial charge in [-0.3, -0.25) is 4.79 Å². The summed E-state index contributed by atoms with van der Waals surface area (Å²) in [6.45, 7) is 10.3. The van der Waals surface area contributed by atoms with Gasteiger partial charge in [0.25, 0.3) is 0 Å². The Hall–Kier alpha value is -1.77. The lowest BCUT2D eigenvalue weighted by Gasteiger charge is -2.24. The average molecular weight is 511 g/mol. The summed E-state index contributed by atoms with van der Waals surface area (Å²) >= 11 is 0. The molecule has 0 aliphatic heterocycles. The summed E-state index contributed by atoms with van der Waals surface area (Å²) in [6.07, 6.45) is -3.36. The van der Waals surface area contributed by atoms with Gasteiger partial charge in [0.1, 0.15) is 0 Å². The number of carbonyl (C=O) groups is 1. The van der Waals surface area contributed by atoms with E-state index in [2.05, 4.69) is 45.3 Å². The van der Waals surface area contributed by atoms with Crippen molar-refractivity contribution >= 4 is 5.91 Å². The maximum absolute atomic E-state index is 13.0. The number of alkyl halides is 6. The summed E-state index contributed by atoms with van der Waals surface area (Å²) in [5, 5.41) is 6.15. The third kappa shape index (κ3) is 11.2. The quantitative estimate of drug-likeness (QED) is 0.334. The molecule has 1 saturated carbocycles. The van der Waals surface area contributed by atoms with E-state index in [0.717, 1.165) is 25.7 Å². The van der Waals surface area contributed by atoms with Crippen LogP contribution in [0, 0.1) is 11.8 Å². The lowest BCUT2D eigenvalue weighted by molar-refractivity contribution is -0.143. The van der Waals surface area contributed by atoms with E-state index < -0.39 is 23.5 Å². The molecule has 0 aromatic heterocycles. The number of halogens is 6. The summed E-state index contributed by atoms with van der Waals surface area (Å²) in [5.74, 6) is -0.0912. The molecule has 1 aromatic rings. The van der Waals surface area contributed by atoms with Crippen LogP contribution >= 0.6 is 0 Å². The molecule has 2 unspecified atom stereocenters. The molecule has 1 amide bonds. The van der Waals surface area contributed by atoms with Crippen LogP contribution in [0.1, 0.15) is 96.3 Å². The van der Waals surface area contributed by atoms with E-state index in [1.54, 1.807) is 0 Å². The van der Waals surface area contributed by atoms with E-state index in [-0.39, 0.29) is 36.0 Å². The van der Waals surface area contributed by atoms with Crippen molar-refractivity contribution in [2.75, 3.05) is 0 Å². The Kier molecular flexibility index (Phi) is 12.6. The van der Waals surface area contributed by atoms with Crippen molar-refractivity contribution < 1.29 is 31.1 Å². The molecule has 2 N–H and O–H groups in total. The fourth-order valence-corrected chi connectivity index (χ4v) is 4.35. The number of amides is 1. The van der Waals surface area contributed by atoms with Crippen molar-refractivity contribution in [2.45, 2.75) is 111 Å². The van der Waals surface area contributed by atoms with Crippen LogP contribution in [0.4, 0.5) is 26.3 Å². The molecule has 202 valence electrons. The van der Waals surface area contributed by atoms with Gasteiger partial charge in [0.05, 0.1) is 11.1 Å². The first-order valence-corrected chi connectivity index (χ1v) is 12.5. The van der Waals surface area contributed by atoms with E-state index in [0.29, 0.717) is 36.9 Å². The van der Waals surface area contributed by atoms with Gasteiger partial charge >= 0.3 is 12.4 Å². The van der Waals surface area contributed by atoms with Crippen LogP contribution in [-0.4, -0.2) is 18.0 Å². The van der Waals surface area contributed by atoms with E-state index >= 15 is 0 Å². The van der Waals surface area contributed by atoms with Gasteiger partial charge in [-0.05, 0) is 61.8 Å². The Balaban J connectivity index is 0.00000194. The number of nitrogens with one attached hydrogen (secondary N) is 2. The average Bonchev–Trinajstić information content (AvgIpc) is 3.19. The van der Waals surface area contributed by atoms with Crippen molar-refractivity contribution in [3.05, 3.63) is 34.9 Å². The molecule has 0 radical (unpaired) electrons. The van der Waals surface area contributed by atoms with Crippen LogP contribution in [0.3, 0.4) is 0 Å². The van der Waals surface area contributed by atoms with Crippen molar-refractivity contribution in [2.24, 2.45) is 11.8 Å². The zero-order chi connectivity index (χ0) is 26.8. The fourth-order valence-electron chi connectivity index (χ4n) is 4.35. The Bertz CT molecular complexity index is 744. The minimum Gasteiger partial charge on any atom is -0.352 e. The van der Waals surface area contributed by atoms with Crippen molar-refractivity contribution in [3.8, 4) is 0 Å². The molecule has 9 heteroatoms. The van der Waals surface area contributed by atoms with Crippen LogP contribution in [0.5, 0.6) is 0 Å². The zero-order valence-corrected chi connectivity index (χ0v) is 21.4. The Morgan fingerprint density at radius 2 is 1.51 bits per heavy atom. The SMILES string of the molecule is CCC.CCCC(CC(C)C)NC1CC[C@H](C(=O)NCc2cc(C(F)(F)F)cc(C(F)(F)F)c2)C1. The fraction of sp³-hybridized carbons (Fsp3) is 0.731. The topological polar surface area (TPSA) is 41.1 Å². The molecular formula is C26H40F6N2O. The number of hydrogen-bond donors (Lipinski definition) is 2. The molecule has 2 rings (SSSR count).